The monoisotopic (exact) mass is 480 g/mol. The molecule has 0 atom stereocenters. The standard InChI is InChI=1S/C26H32N4O5/c1-6-35-22-10-16-13-30(24(27)17(16)11-18(22)25(34)28-5)14-21(31)15-7-8-20(29-12-23(32)33)19(9-15)26(2,3)4/h7-11,27,29H,6,12-14H2,1-5H3,(H,28,34)(H,32,33). The highest BCUT2D eigenvalue weighted by atomic mass is 16.5. The summed E-state index contributed by atoms with van der Waals surface area (Å²) in [6.07, 6.45) is 0. The van der Waals surface area contributed by atoms with E-state index in [-0.39, 0.29) is 36.0 Å². The molecule has 0 aromatic heterocycles. The Labute approximate surface area is 205 Å². The molecule has 0 aliphatic carbocycles. The predicted octanol–water partition coefficient (Wildman–Crippen LogP) is 3.26. The lowest BCUT2D eigenvalue weighted by molar-refractivity contribution is -0.134. The number of carbonyl (C=O) groups is 3. The van der Waals surface area contributed by atoms with Crippen LogP contribution in [0.5, 0.6) is 5.75 Å². The molecular weight excluding hydrogens is 448 g/mol. The van der Waals surface area contributed by atoms with Gasteiger partial charge in [0.25, 0.3) is 5.91 Å². The van der Waals surface area contributed by atoms with Crippen molar-refractivity contribution < 1.29 is 24.2 Å². The number of amidine groups is 1. The molecule has 9 nitrogen and oxygen atoms in total. The Morgan fingerprint density at radius 1 is 1.17 bits per heavy atom. The van der Waals surface area contributed by atoms with Gasteiger partial charge in [0.15, 0.2) is 5.78 Å². The van der Waals surface area contributed by atoms with Crippen molar-refractivity contribution in [2.24, 2.45) is 0 Å². The summed E-state index contributed by atoms with van der Waals surface area (Å²) in [4.78, 5) is 38.2. The Kier molecular flexibility index (Phi) is 7.48. The highest BCUT2D eigenvalue weighted by Gasteiger charge is 2.29. The fourth-order valence-corrected chi connectivity index (χ4v) is 4.08. The quantitative estimate of drug-likeness (QED) is 0.405. The first-order valence-electron chi connectivity index (χ1n) is 11.4. The average Bonchev–Trinajstić information content (AvgIpc) is 3.10. The molecule has 0 bridgehead atoms. The third kappa shape index (κ3) is 5.62. The lowest BCUT2D eigenvalue weighted by atomic mass is 9.84. The van der Waals surface area contributed by atoms with Gasteiger partial charge in [-0.2, -0.15) is 0 Å². The first kappa shape index (κ1) is 25.7. The van der Waals surface area contributed by atoms with E-state index in [9.17, 15) is 14.4 Å². The summed E-state index contributed by atoms with van der Waals surface area (Å²) in [6, 6.07) is 8.60. The Bertz CT molecular complexity index is 1180. The molecule has 4 N–H and O–H groups in total. The number of benzene rings is 2. The van der Waals surface area contributed by atoms with E-state index < -0.39 is 5.97 Å². The molecular formula is C26H32N4O5. The van der Waals surface area contributed by atoms with Crippen LogP contribution in [0.1, 0.15) is 65.1 Å². The first-order valence-corrected chi connectivity index (χ1v) is 11.4. The number of rotatable bonds is 9. The van der Waals surface area contributed by atoms with E-state index in [2.05, 4.69) is 10.6 Å². The maximum absolute atomic E-state index is 13.2. The number of hydrogen-bond acceptors (Lipinski definition) is 6. The van der Waals surface area contributed by atoms with E-state index in [0.29, 0.717) is 41.3 Å². The van der Waals surface area contributed by atoms with Crippen LogP contribution in [0.15, 0.2) is 30.3 Å². The van der Waals surface area contributed by atoms with Crippen LogP contribution in [0, 0.1) is 5.41 Å². The van der Waals surface area contributed by atoms with Crippen LogP contribution in [0.4, 0.5) is 5.69 Å². The molecule has 2 aromatic carbocycles. The van der Waals surface area contributed by atoms with Crippen molar-refractivity contribution in [3.63, 3.8) is 0 Å². The summed E-state index contributed by atoms with van der Waals surface area (Å²) in [5, 5.41) is 23.1. The predicted molar refractivity (Wildman–Crippen MR) is 134 cm³/mol. The molecule has 0 saturated heterocycles. The summed E-state index contributed by atoms with van der Waals surface area (Å²) in [5.74, 6) is -0.799. The number of carbonyl (C=O) groups excluding carboxylic acids is 2. The van der Waals surface area contributed by atoms with Gasteiger partial charge in [0, 0.05) is 30.4 Å². The van der Waals surface area contributed by atoms with Gasteiger partial charge >= 0.3 is 5.97 Å². The summed E-state index contributed by atoms with van der Waals surface area (Å²) in [6.45, 7) is 8.36. The summed E-state index contributed by atoms with van der Waals surface area (Å²) in [5.41, 5.74) is 3.44. The smallest absolute Gasteiger partial charge is 0.322 e. The van der Waals surface area contributed by atoms with Gasteiger partial charge in [0.1, 0.15) is 18.1 Å². The average molecular weight is 481 g/mol. The van der Waals surface area contributed by atoms with Crippen molar-refractivity contribution in [2.75, 3.05) is 32.1 Å². The largest absolute Gasteiger partial charge is 0.493 e. The Morgan fingerprint density at radius 2 is 1.89 bits per heavy atom. The number of carboxylic acids is 1. The zero-order valence-corrected chi connectivity index (χ0v) is 20.7. The molecule has 0 radical (unpaired) electrons. The van der Waals surface area contributed by atoms with E-state index in [1.807, 2.05) is 27.7 Å². The van der Waals surface area contributed by atoms with Crippen molar-refractivity contribution in [3.05, 3.63) is 58.1 Å². The van der Waals surface area contributed by atoms with Crippen LogP contribution in [0.25, 0.3) is 0 Å². The van der Waals surface area contributed by atoms with E-state index in [1.165, 1.54) is 7.05 Å². The Hall–Kier alpha value is -3.88. The highest BCUT2D eigenvalue weighted by molar-refractivity contribution is 6.07. The second kappa shape index (κ2) is 10.2. The second-order valence-electron chi connectivity index (χ2n) is 9.40. The summed E-state index contributed by atoms with van der Waals surface area (Å²) < 4.78 is 5.64. The molecule has 9 heteroatoms. The van der Waals surface area contributed by atoms with Crippen molar-refractivity contribution in [3.8, 4) is 5.75 Å². The fraction of sp³-hybridized carbons (Fsp3) is 0.385. The topological polar surface area (TPSA) is 132 Å². The Morgan fingerprint density at radius 3 is 2.49 bits per heavy atom. The number of carboxylic acid groups (broad SMARTS) is 1. The number of amides is 1. The number of nitrogens with zero attached hydrogens (tertiary/aromatic N) is 1. The van der Waals surface area contributed by atoms with Crippen molar-refractivity contribution in [2.45, 2.75) is 39.7 Å². The fourth-order valence-electron chi connectivity index (χ4n) is 4.08. The molecule has 0 unspecified atom stereocenters. The van der Waals surface area contributed by atoms with Gasteiger partial charge in [-0.05, 0) is 53.8 Å². The zero-order valence-electron chi connectivity index (χ0n) is 20.7. The number of anilines is 1. The van der Waals surface area contributed by atoms with Crippen LogP contribution < -0.4 is 15.4 Å². The molecule has 0 spiro atoms. The maximum Gasteiger partial charge on any atom is 0.322 e. The van der Waals surface area contributed by atoms with Gasteiger partial charge in [-0.25, -0.2) is 0 Å². The molecule has 0 fully saturated rings. The van der Waals surface area contributed by atoms with Crippen molar-refractivity contribution in [1.82, 2.24) is 10.2 Å². The molecule has 1 amide bonds. The van der Waals surface area contributed by atoms with Crippen molar-refractivity contribution >= 4 is 29.2 Å². The number of hydrogen-bond donors (Lipinski definition) is 4. The number of ether oxygens (including phenoxy) is 1. The minimum absolute atomic E-state index is 0.00171. The first-order chi connectivity index (χ1) is 16.5. The van der Waals surface area contributed by atoms with E-state index in [0.717, 1.165) is 11.1 Å². The SMILES string of the molecule is CCOc1cc2c(cc1C(=O)NC)C(=N)N(CC(=O)c1ccc(NCC(=O)O)c(C(C)(C)C)c1)C2. The van der Waals surface area contributed by atoms with Gasteiger partial charge in [-0.3, -0.25) is 19.8 Å². The molecule has 2 aromatic rings. The number of nitrogens with one attached hydrogen (secondary N) is 3. The van der Waals surface area contributed by atoms with Crippen LogP contribution in [-0.2, 0) is 16.8 Å². The van der Waals surface area contributed by atoms with Gasteiger partial charge in [0.2, 0.25) is 0 Å². The Balaban J connectivity index is 1.85. The van der Waals surface area contributed by atoms with E-state index in [4.69, 9.17) is 15.3 Å². The lowest BCUT2D eigenvalue weighted by Gasteiger charge is -2.24. The molecule has 1 heterocycles. The number of aliphatic carboxylic acids is 1. The zero-order chi connectivity index (χ0) is 25.9. The van der Waals surface area contributed by atoms with Gasteiger partial charge in [0.05, 0.1) is 18.7 Å². The minimum Gasteiger partial charge on any atom is -0.493 e. The minimum atomic E-state index is -0.968. The summed E-state index contributed by atoms with van der Waals surface area (Å²) >= 11 is 0. The summed E-state index contributed by atoms with van der Waals surface area (Å²) in [7, 11) is 1.54. The van der Waals surface area contributed by atoms with Gasteiger partial charge < -0.3 is 25.4 Å². The number of ketones is 1. The van der Waals surface area contributed by atoms with E-state index in [1.54, 1.807) is 35.2 Å². The van der Waals surface area contributed by atoms with E-state index >= 15 is 0 Å². The molecule has 1 aliphatic heterocycles. The molecule has 186 valence electrons. The normalized spacial score (nSPS) is 12.8. The lowest BCUT2D eigenvalue weighted by Crippen LogP contribution is -2.30. The van der Waals surface area contributed by atoms with Crippen molar-refractivity contribution in [1.29, 1.82) is 5.41 Å². The van der Waals surface area contributed by atoms with Crippen LogP contribution in [-0.4, -0.2) is 60.2 Å². The highest BCUT2D eigenvalue weighted by Crippen LogP contribution is 2.32. The van der Waals surface area contributed by atoms with Gasteiger partial charge in [-0.15, -0.1) is 0 Å². The number of fused-ring (bicyclic) bond motifs is 1. The number of Topliss-reactive ketones (excluding diaryl/α,β-unsaturated/α-hetero) is 1. The molecule has 3 rings (SSSR count). The van der Waals surface area contributed by atoms with Crippen LogP contribution in [0.2, 0.25) is 0 Å². The van der Waals surface area contributed by atoms with Crippen LogP contribution >= 0.6 is 0 Å². The third-order valence-electron chi connectivity index (χ3n) is 5.82. The maximum atomic E-state index is 13.2. The van der Waals surface area contributed by atoms with Gasteiger partial charge in [-0.1, -0.05) is 20.8 Å². The third-order valence-corrected chi connectivity index (χ3v) is 5.82. The van der Waals surface area contributed by atoms with Crippen LogP contribution in [0.3, 0.4) is 0 Å². The molecule has 35 heavy (non-hydrogen) atoms. The second-order valence-corrected chi connectivity index (χ2v) is 9.40. The molecule has 1 aliphatic rings. The molecule has 0 saturated carbocycles.